The molecule has 1 N–H and O–H groups in total. The van der Waals surface area contributed by atoms with Gasteiger partial charge < -0.3 is 14.9 Å². The van der Waals surface area contributed by atoms with Crippen molar-refractivity contribution < 1.29 is 14.7 Å². The number of phenolic OH excluding ortho intramolecular Hbond substituents is 1. The van der Waals surface area contributed by atoms with Crippen molar-refractivity contribution in [2.75, 3.05) is 19.6 Å². The van der Waals surface area contributed by atoms with Crippen LogP contribution in [-0.4, -0.2) is 62.6 Å². The van der Waals surface area contributed by atoms with Crippen LogP contribution in [0.1, 0.15) is 52.9 Å². The van der Waals surface area contributed by atoms with Crippen LogP contribution in [0.5, 0.6) is 5.75 Å². The number of carbonyl (C=O) groups excluding carboxylic acids is 2. The molecular weight excluding hydrogens is 368 g/mol. The van der Waals surface area contributed by atoms with Gasteiger partial charge in [0.05, 0.1) is 23.4 Å². The number of hydrogen-bond acceptors (Lipinski definition) is 5. The van der Waals surface area contributed by atoms with Crippen molar-refractivity contribution >= 4 is 11.8 Å². The highest BCUT2D eigenvalue weighted by Crippen LogP contribution is 2.37. The summed E-state index contributed by atoms with van der Waals surface area (Å²) in [4.78, 5) is 29.8. The molecule has 1 aliphatic heterocycles. The van der Waals surface area contributed by atoms with Crippen LogP contribution < -0.4 is 0 Å². The Morgan fingerprint density at radius 2 is 2.07 bits per heavy atom. The van der Waals surface area contributed by atoms with Gasteiger partial charge in [0, 0.05) is 25.7 Å². The van der Waals surface area contributed by atoms with E-state index in [1.165, 1.54) is 6.20 Å². The maximum Gasteiger partial charge on any atom is 0.255 e. The van der Waals surface area contributed by atoms with Crippen LogP contribution in [0.4, 0.5) is 0 Å². The lowest BCUT2D eigenvalue weighted by molar-refractivity contribution is -0.137. The first kappa shape index (κ1) is 19.4. The minimum absolute atomic E-state index is 0.0706. The molecule has 1 aromatic carbocycles. The van der Waals surface area contributed by atoms with Gasteiger partial charge in [-0.2, -0.15) is 10.2 Å². The Labute approximate surface area is 170 Å². The zero-order chi connectivity index (χ0) is 20.5. The average molecular weight is 394 g/mol. The quantitative estimate of drug-likeness (QED) is 0.845. The van der Waals surface area contributed by atoms with E-state index >= 15 is 0 Å². The molecule has 1 aliphatic carbocycles. The number of fused-ring (bicyclic) bond motifs is 1. The maximum atomic E-state index is 13.4. The van der Waals surface area contributed by atoms with Gasteiger partial charge in [0.15, 0.2) is 0 Å². The fraction of sp³-hybridized carbons (Fsp3) is 0.455. The van der Waals surface area contributed by atoms with Crippen LogP contribution in [0, 0.1) is 6.92 Å². The Morgan fingerprint density at radius 1 is 1.24 bits per heavy atom. The summed E-state index contributed by atoms with van der Waals surface area (Å²) in [5.74, 6) is 0.0831. The van der Waals surface area contributed by atoms with Gasteiger partial charge in [-0.25, -0.2) is 0 Å². The lowest BCUT2D eigenvalue weighted by Crippen LogP contribution is -2.56. The van der Waals surface area contributed by atoms with Gasteiger partial charge in [0.1, 0.15) is 5.75 Å². The molecule has 2 aliphatic rings. The Bertz CT molecular complexity index is 945. The molecule has 0 spiro atoms. The highest BCUT2D eigenvalue weighted by Gasteiger charge is 2.36. The third-order valence-electron chi connectivity index (χ3n) is 6.00. The summed E-state index contributed by atoms with van der Waals surface area (Å²) in [7, 11) is 0. The van der Waals surface area contributed by atoms with E-state index < -0.39 is 0 Å². The molecule has 2 amide bonds. The van der Waals surface area contributed by atoms with E-state index in [2.05, 4.69) is 10.2 Å². The number of aryl methyl sites for hydroxylation is 1. The molecule has 1 aromatic heterocycles. The Morgan fingerprint density at radius 3 is 2.83 bits per heavy atom. The second-order valence-corrected chi connectivity index (χ2v) is 8.01. The lowest BCUT2D eigenvalue weighted by Gasteiger charge is -2.42. The van der Waals surface area contributed by atoms with Crippen molar-refractivity contribution in [2.24, 2.45) is 0 Å². The fourth-order valence-corrected chi connectivity index (χ4v) is 4.53. The molecule has 1 saturated heterocycles. The number of nitrogens with zero attached hydrogens (tertiary/aromatic N) is 4. The minimum atomic E-state index is -0.220. The molecule has 0 radical (unpaired) electrons. The van der Waals surface area contributed by atoms with Gasteiger partial charge in [0.25, 0.3) is 5.91 Å². The normalized spacial score (nSPS) is 21.6. The number of phenols is 1. The largest absolute Gasteiger partial charge is 0.508 e. The molecule has 0 saturated carbocycles. The smallest absolute Gasteiger partial charge is 0.255 e. The molecule has 4 rings (SSSR count). The van der Waals surface area contributed by atoms with E-state index in [4.69, 9.17) is 0 Å². The molecular formula is C22H26N4O3. The third kappa shape index (κ3) is 3.69. The summed E-state index contributed by atoms with van der Waals surface area (Å²) < 4.78 is 0. The van der Waals surface area contributed by atoms with Crippen molar-refractivity contribution in [1.29, 1.82) is 0 Å². The minimum Gasteiger partial charge on any atom is -0.508 e. The van der Waals surface area contributed by atoms with Gasteiger partial charge in [0.2, 0.25) is 5.91 Å². The van der Waals surface area contributed by atoms with Gasteiger partial charge in [-0.15, -0.1) is 0 Å². The molecule has 2 unspecified atom stereocenters. The second-order valence-electron chi connectivity index (χ2n) is 8.01. The van der Waals surface area contributed by atoms with E-state index in [1.54, 1.807) is 17.0 Å². The number of aromatic hydroxyl groups is 1. The molecule has 2 atom stereocenters. The zero-order valence-electron chi connectivity index (χ0n) is 16.8. The van der Waals surface area contributed by atoms with Crippen LogP contribution in [0.25, 0.3) is 0 Å². The summed E-state index contributed by atoms with van der Waals surface area (Å²) in [5, 5.41) is 17.9. The van der Waals surface area contributed by atoms with Gasteiger partial charge >= 0.3 is 0 Å². The molecule has 7 nitrogen and oxygen atoms in total. The summed E-state index contributed by atoms with van der Waals surface area (Å²) in [6, 6.07) is 7.13. The van der Waals surface area contributed by atoms with Gasteiger partial charge in [-0.1, -0.05) is 12.1 Å². The van der Waals surface area contributed by atoms with Crippen molar-refractivity contribution in [3.05, 3.63) is 52.8 Å². The third-order valence-corrected chi connectivity index (χ3v) is 6.00. The average Bonchev–Trinajstić information content (AvgIpc) is 2.72. The zero-order valence-corrected chi connectivity index (χ0v) is 16.8. The van der Waals surface area contributed by atoms with E-state index in [9.17, 15) is 14.7 Å². The Kier molecular flexibility index (Phi) is 5.22. The first-order valence-corrected chi connectivity index (χ1v) is 10.2. The topological polar surface area (TPSA) is 86.6 Å². The lowest BCUT2D eigenvalue weighted by atomic mass is 9.81. The van der Waals surface area contributed by atoms with Crippen LogP contribution in [0.3, 0.4) is 0 Å². The number of amides is 2. The molecule has 2 aromatic rings. The van der Waals surface area contributed by atoms with Crippen LogP contribution in [0.2, 0.25) is 0 Å². The number of rotatable bonds is 2. The Hall–Kier alpha value is -2.96. The van der Waals surface area contributed by atoms with Crippen molar-refractivity contribution in [3.63, 3.8) is 0 Å². The van der Waals surface area contributed by atoms with E-state index in [0.717, 1.165) is 30.4 Å². The Balaban J connectivity index is 1.48. The first-order valence-electron chi connectivity index (χ1n) is 10.2. The fourth-order valence-electron chi connectivity index (χ4n) is 4.53. The summed E-state index contributed by atoms with van der Waals surface area (Å²) in [6.07, 6.45) is 3.98. The molecule has 7 heteroatoms. The summed E-state index contributed by atoms with van der Waals surface area (Å²) in [5.41, 5.74) is 3.09. The number of carbonyl (C=O) groups is 2. The summed E-state index contributed by atoms with van der Waals surface area (Å²) in [6.45, 7) is 5.29. The molecule has 1 fully saturated rings. The van der Waals surface area contributed by atoms with Crippen molar-refractivity contribution in [2.45, 2.75) is 45.1 Å². The predicted octanol–water partition coefficient (Wildman–Crippen LogP) is 2.28. The van der Waals surface area contributed by atoms with Crippen molar-refractivity contribution in [3.8, 4) is 5.75 Å². The van der Waals surface area contributed by atoms with E-state index in [1.807, 2.05) is 30.9 Å². The number of piperazine rings is 1. The predicted molar refractivity (Wildman–Crippen MR) is 108 cm³/mol. The highest BCUT2D eigenvalue weighted by molar-refractivity contribution is 5.94. The monoisotopic (exact) mass is 394 g/mol. The standard InChI is InChI=1S/C22H26N4O3/c1-14-11-16(12-23-24-14)21(28)25-9-10-26(15(2)13-25)22(29)19-7-3-6-18-17(19)5-4-8-20(18)27/h4-5,8,11-12,15,19,27H,3,6-7,9-10,13H2,1-2H3. The molecule has 2 heterocycles. The van der Waals surface area contributed by atoms with Gasteiger partial charge in [-0.05, 0) is 56.4 Å². The van der Waals surface area contributed by atoms with Crippen LogP contribution in [-0.2, 0) is 11.2 Å². The maximum absolute atomic E-state index is 13.4. The highest BCUT2D eigenvalue weighted by atomic mass is 16.3. The molecule has 29 heavy (non-hydrogen) atoms. The first-order chi connectivity index (χ1) is 14.0. The van der Waals surface area contributed by atoms with Crippen LogP contribution in [0.15, 0.2) is 30.5 Å². The molecule has 0 bridgehead atoms. The van der Waals surface area contributed by atoms with Crippen LogP contribution >= 0.6 is 0 Å². The van der Waals surface area contributed by atoms with E-state index in [-0.39, 0.29) is 29.5 Å². The molecule has 152 valence electrons. The number of aromatic nitrogens is 2. The van der Waals surface area contributed by atoms with E-state index in [0.29, 0.717) is 30.9 Å². The van der Waals surface area contributed by atoms with Crippen molar-refractivity contribution in [1.82, 2.24) is 20.0 Å². The van der Waals surface area contributed by atoms with Gasteiger partial charge in [-0.3, -0.25) is 9.59 Å². The number of benzene rings is 1. The number of hydrogen-bond donors (Lipinski definition) is 1. The SMILES string of the molecule is Cc1cc(C(=O)N2CCN(C(=O)C3CCCc4c(O)cccc43)C(C)C2)cnn1. The second kappa shape index (κ2) is 7.81. The summed E-state index contributed by atoms with van der Waals surface area (Å²) >= 11 is 0.